The van der Waals surface area contributed by atoms with Crippen LogP contribution in [0.3, 0.4) is 0 Å². The zero-order chi connectivity index (χ0) is 28.0. The Hall–Kier alpha value is -0.790. The smallest absolute Gasteiger partial charge is 0.306 e. The molecule has 39 heavy (non-hydrogen) atoms. The molecule has 3 saturated carbocycles. The van der Waals surface area contributed by atoms with Crippen molar-refractivity contribution < 1.29 is 9.53 Å². The van der Waals surface area contributed by atoms with Crippen molar-refractivity contribution in [2.24, 2.45) is 46.3 Å². The van der Waals surface area contributed by atoms with E-state index >= 15 is 0 Å². The Bertz CT molecular complexity index is 812. The van der Waals surface area contributed by atoms with Crippen molar-refractivity contribution in [2.75, 3.05) is 0 Å². The van der Waals surface area contributed by atoms with Crippen LogP contribution in [0.5, 0.6) is 0 Å². The van der Waals surface area contributed by atoms with Crippen molar-refractivity contribution in [2.45, 2.75) is 170 Å². The van der Waals surface area contributed by atoms with Gasteiger partial charge < -0.3 is 4.74 Å². The Morgan fingerprint density at radius 3 is 2.46 bits per heavy atom. The van der Waals surface area contributed by atoms with Crippen molar-refractivity contribution in [3.63, 3.8) is 0 Å². The normalized spacial score (nSPS) is 36.9. The molecule has 4 aliphatic rings. The quantitative estimate of drug-likeness (QED) is 0.132. The highest BCUT2D eigenvalue weighted by Crippen LogP contribution is 2.66. The highest BCUT2D eigenvalue weighted by molar-refractivity contribution is 5.69. The Balaban J connectivity index is 1.34. The van der Waals surface area contributed by atoms with Crippen LogP contribution >= 0.6 is 0 Å². The van der Waals surface area contributed by atoms with E-state index < -0.39 is 0 Å². The maximum absolute atomic E-state index is 12.6. The summed E-state index contributed by atoms with van der Waals surface area (Å²) in [4.78, 5) is 12.6. The summed E-state index contributed by atoms with van der Waals surface area (Å²) in [5, 5.41) is 0. The van der Waals surface area contributed by atoms with Crippen LogP contribution in [0.2, 0.25) is 0 Å². The molecular weight excluding hydrogens is 476 g/mol. The molecule has 0 N–H and O–H groups in total. The first-order valence-corrected chi connectivity index (χ1v) is 17.6. The number of rotatable bonds is 13. The lowest BCUT2D eigenvalue weighted by Crippen LogP contribution is -2.54. The van der Waals surface area contributed by atoms with Gasteiger partial charge in [-0.15, -0.1) is 0 Å². The van der Waals surface area contributed by atoms with Crippen LogP contribution in [0.1, 0.15) is 164 Å². The molecule has 0 bridgehead atoms. The van der Waals surface area contributed by atoms with Crippen LogP contribution in [0.15, 0.2) is 11.6 Å². The molecule has 0 saturated heterocycles. The monoisotopic (exact) mass is 540 g/mol. The lowest BCUT2D eigenvalue weighted by atomic mass is 9.42. The lowest BCUT2D eigenvalue weighted by molar-refractivity contribution is -0.152. The van der Waals surface area contributed by atoms with Gasteiger partial charge in [-0.05, 0) is 97.7 Å². The zero-order valence-corrected chi connectivity index (χ0v) is 26.9. The van der Waals surface area contributed by atoms with E-state index in [2.05, 4.69) is 47.6 Å². The third kappa shape index (κ3) is 7.17. The summed E-state index contributed by atoms with van der Waals surface area (Å²) in [5.41, 5.74) is 2.52. The predicted octanol–water partition coefficient (Wildman–Crippen LogP) is 11.1. The molecule has 0 aromatic carbocycles. The van der Waals surface area contributed by atoms with Gasteiger partial charge >= 0.3 is 5.97 Å². The molecule has 0 aromatic rings. The molecule has 4 rings (SSSR count). The highest BCUT2D eigenvalue weighted by Gasteiger charge is 2.57. The van der Waals surface area contributed by atoms with Crippen LogP contribution in [0.4, 0.5) is 0 Å². The maximum Gasteiger partial charge on any atom is 0.306 e. The number of carbonyl (C=O) groups is 1. The lowest BCUT2D eigenvalue weighted by Gasteiger charge is -2.62. The molecule has 2 heteroatoms. The van der Waals surface area contributed by atoms with E-state index in [1.807, 2.05) is 0 Å². The third-order valence-corrected chi connectivity index (χ3v) is 12.5. The number of carbonyl (C=O) groups excluding carboxylic acids is 1. The van der Waals surface area contributed by atoms with Gasteiger partial charge in [0.25, 0.3) is 0 Å². The Labute approximate surface area is 242 Å². The van der Waals surface area contributed by atoms with Crippen molar-refractivity contribution >= 4 is 5.97 Å². The summed E-state index contributed by atoms with van der Waals surface area (Å²) in [6.45, 7) is 14.9. The van der Waals surface area contributed by atoms with Crippen molar-refractivity contribution in [3.05, 3.63) is 11.6 Å². The van der Waals surface area contributed by atoms with Gasteiger partial charge in [-0.2, -0.15) is 0 Å². The van der Waals surface area contributed by atoms with E-state index in [0.29, 0.717) is 17.3 Å². The molecule has 0 aromatic heterocycles. The summed E-state index contributed by atoms with van der Waals surface area (Å²) in [7, 11) is 0. The molecule has 8 unspecified atom stereocenters. The van der Waals surface area contributed by atoms with Crippen LogP contribution in [0.25, 0.3) is 0 Å². The average molecular weight is 541 g/mol. The molecule has 3 fully saturated rings. The number of hydrogen-bond donors (Lipinski definition) is 0. The number of esters is 1. The summed E-state index contributed by atoms with van der Waals surface area (Å²) in [5.74, 6) is 5.30. The van der Waals surface area contributed by atoms with Crippen LogP contribution in [-0.4, -0.2) is 12.1 Å². The van der Waals surface area contributed by atoms with E-state index in [0.717, 1.165) is 54.8 Å². The Kier molecular flexibility index (Phi) is 11.1. The van der Waals surface area contributed by atoms with E-state index in [1.165, 1.54) is 96.3 Å². The second-order valence-electron chi connectivity index (χ2n) is 15.5. The Morgan fingerprint density at radius 1 is 0.923 bits per heavy atom. The molecule has 0 aliphatic heterocycles. The third-order valence-electron chi connectivity index (χ3n) is 12.5. The Morgan fingerprint density at radius 2 is 1.69 bits per heavy atom. The molecule has 2 nitrogen and oxygen atoms in total. The fourth-order valence-electron chi connectivity index (χ4n) is 10.2. The standard InChI is InChI=1S/C37H64O2/c1-7-8-9-10-11-12-19-35(38)39-30-22-24-36(5)29(26-30)20-21-31-33-18-14-17-32(28(4)16-13-15-27(2)3)37(33,6)25-23-34(31)36/h20,27-28,30-34H,7-19,21-26H2,1-6H3. The van der Waals surface area contributed by atoms with E-state index in [1.54, 1.807) is 5.57 Å². The van der Waals surface area contributed by atoms with Crippen LogP contribution in [-0.2, 0) is 9.53 Å². The van der Waals surface area contributed by atoms with Gasteiger partial charge in [0.2, 0.25) is 0 Å². The van der Waals surface area contributed by atoms with E-state index in [4.69, 9.17) is 4.74 Å². The maximum atomic E-state index is 12.6. The topological polar surface area (TPSA) is 26.3 Å². The number of allylic oxidation sites excluding steroid dienone is 1. The van der Waals surface area contributed by atoms with Gasteiger partial charge in [-0.1, -0.05) is 111 Å². The summed E-state index contributed by atoms with van der Waals surface area (Å²) in [6.07, 6.45) is 26.8. The minimum Gasteiger partial charge on any atom is -0.462 e. The molecule has 0 heterocycles. The number of ether oxygens (including phenoxy) is 1. The molecular formula is C37H64O2. The van der Waals surface area contributed by atoms with Crippen LogP contribution < -0.4 is 0 Å². The van der Waals surface area contributed by atoms with Gasteiger partial charge in [0.05, 0.1) is 0 Å². The zero-order valence-electron chi connectivity index (χ0n) is 26.9. The van der Waals surface area contributed by atoms with E-state index in [9.17, 15) is 4.79 Å². The number of fused-ring (bicyclic) bond motifs is 5. The minimum absolute atomic E-state index is 0.0533. The van der Waals surface area contributed by atoms with Crippen molar-refractivity contribution in [3.8, 4) is 0 Å². The van der Waals surface area contributed by atoms with Gasteiger partial charge in [-0.3, -0.25) is 4.79 Å². The second-order valence-corrected chi connectivity index (χ2v) is 15.5. The minimum atomic E-state index is 0.0533. The second kappa shape index (κ2) is 13.9. The summed E-state index contributed by atoms with van der Waals surface area (Å²) >= 11 is 0. The van der Waals surface area contributed by atoms with E-state index in [-0.39, 0.29) is 12.1 Å². The number of unbranched alkanes of at least 4 members (excludes halogenated alkanes) is 5. The van der Waals surface area contributed by atoms with Gasteiger partial charge in [0, 0.05) is 12.8 Å². The summed E-state index contributed by atoms with van der Waals surface area (Å²) in [6, 6.07) is 0. The fraction of sp³-hybridized carbons (Fsp3) is 0.919. The first-order chi connectivity index (χ1) is 18.7. The summed E-state index contributed by atoms with van der Waals surface area (Å²) < 4.78 is 6.06. The first kappa shape index (κ1) is 31.2. The molecule has 0 spiro atoms. The fourth-order valence-corrected chi connectivity index (χ4v) is 10.2. The molecule has 4 aliphatic carbocycles. The highest BCUT2D eigenvalue weighted by atomic mass is 16.5. The van der Waals surface area contributed by atoms with Gasteiger partial charge in [0.1, 0.15) is 6.10 Å². The largest absolute Gasteiger partial charge is 0.462 e. The average Bonchev–Trinajstić information content (AvgIpc) is 2.89. The van der Waals surface area contributed by atoms with Crippen molar-refractivity contribution in [1.82, 2.24) is 0 Å². The molecule has 224 valence electrons. The number of hydrogen-bond acceptors (Lipinski definition) is 2. The molecule has 8 atom stereocenters. The molecule has 0 radical (unpaired) electrons. The molecule has 0 amide bonds. The van der Waals surface area contributed by atoms with Gasteiger partial charge in [-0.25, -0.2) is 0 Å². The predicted molar refractivity (Wildman–Crippen MR) is 166 cm³/mol. The van der Waals surface area contributed by atoms with Gasteiger partial charge in [0.15, 0.2) is 0 Å². The van der Waals surface area contributed by atoms with Crippen molar-refractivity contribution in [1.29, 1.82) is 0 Å². The van der Waals surface area contributed by atoms with Crippen LogP contribution in [0, 0.1) is 46.3 Å². The SMILES string of the molecule is CCCCCCCCC(=O)OC1CCC2(C)C(=CCC3C2CCC2(C)C(C(C)CCCC(C)C)CCCC32)C1. The first-order valence-electron chi connectivity index (χ1n) is 17.6.